The first-order chi connectivity index (χ1) is 8.01. The van der Waals surface area contributed by atoms with Gasteiger partial charge in [-0.3, -0.25) is 0 Å². The van der Waals surface area contributed by atoms with E-state index in [-0.39, 0.29) is 0 Å². The maximum Gasteiger partial charge on any atom is 0.115 e. The molecule has 1 aliphatic carbocycles. The quantitative estimate of drug-likeness (QED) is 0.796. The topological polar surface area (TPSA) is 20.2 Å². The summed E-state index contributed by atoms with van der Waals surface area (Å²) in [7, 11) is 0. The van der Waals surface area contributed by atoms with Gasteiger partial charge < -0.3 is 5.11 Å². The fourth-order valence-corrected chi connectivity index (χ4v) is 3.10. The second-order valence-corrected chi connectivity index (χ2v) is 6.19. The van der Waals surface area contributed by atoms with E-state index < -0.39 is 0 Å². The fourth-order valence-electron chi connectivity index (χ4n) is 3.10. The summed E-state index contributed by atoms with van der Waals surface area (Å²) in [4.78, 5) is 0. The van der Waals surface area contributed by atoms with Crippen LogP contribution in [0.3, 0.4) is 0 Å². The Bertz CT molecular complexity index is 356. The Labute approximate surface area is 105 Å². The normalized spacial score (nSPS) is 29.5. The first-order valence-corrected chi connectivity index (χ1v) is 6.81. The zero-order chi connectivity index (χ0) is 12.5. The molecule has 1 heteroatoms. The van der Waals surface area contributed by atoms with Gasteiger partial charge in [0.1, 0.15) is 5.75 Å². The average molecular weight is 232 g/mol. The lowest BCUT2D eigenvalue weighted by Crippen LogP contribution is -2.30. The summed E-state index contributed by atoms with van der Waals surface area (Å²) in [6, 6.07) is 7.81. The van der Waals surface area contributed by atoms with Crippen LogP contribution in [0.4, 0.5) is 0 Å². The van der Waals surface area contributed by atoms with Crippen LogP contribution in [0.2, 0.25) is 0 Å². The summed E-state index contributed by atoms with van der Waals surface area (Å²) in [5.41, 5.74) is 1.71. The minimum absolute atomic E-state index is 0.319. The molecule has 1 aromatic carbocycles. The van der Waals surface area contributed by atoms with Crippen LogP contribution < -0.4 is 0 Å². The number of benzene rings is 1. The number of aromatic hydroxyl groups is 1. The summed E-state index contributed by atoms with van der Waals surface area (Å²) in [5.74, 6) is 2.09. The van der Waals surface area contributed by atoms with Gasteiger partial charge in [0, 0.05) is 0 Å². The lowest BCUT2D eigenvalue weighted by molar-refractivity contribution is 0.204. The van der Waals surface area contributed by atoms with E-state index in [0.29, 0.717) is 11.2 Å². The molecule has 0 heterocycles. The van der Waals surface area contributed by atoms with Crippen LogP contribution in [0.1, 0.15) is 52.0 Å². The molecule has 0 aliphatic heterocycles. The van der Waals surface area contributed by atoms with Crippen molar-refractivity contribution >= 4 is 0 Å². The van der Waals surface area contributed by atoms with E-state index in [4.69, 9.17) is 0 Å². The van der Waals surface area contributed by atoms with Crippen LogP contribution in [0, 0.1) is 11.8 Å². The first-order valence-electron chi connectivity index (χ1n) is 6.81. The van der Waals surface area contributed by atoms with Crippen molar-refractivity contribution in [2.45, 2.75) is 51.9 Å². The van der Waals surface area contributed by atoms with Crippen molar-refractivity contribution in [2.24, 2.45) is 11.8 Å². The molecule has 1 saturated carbocycles. The number of rotatable bonds is 2. The van der Waals surface area contributed by atoms with Gasteiger partial charge in [-0.05, 0) is 60.6 Å². The predicted molar refractivity (Wildman–Crippen MR) is 72.3 cm³/mol. The third-order valence-corrected chi connectivity index (χ3v) is 4.64. The maximum absolute atomic E-state index is 9.35. The summed E-state index contributed by atoms with van der Waals surface area (Å²) >= 11 is 0. The second-order valence-electron chi connectivity index (χ2n) is 6.19. The molecule has 0 bridgehead atoms. The highest BCUT2D eigenvalue weighted by atomic mass is 16.3. The minimum Gasteiger partial charge on any atom is -0.508 e. The number of hydrogen-bond donors (Lipinski definition) is 1. The van der Waals surface area contributed by atoms with Gasteiger partial charge in [0.2, 0.25) is 0 Å². The monoisotopic (exact) mass is 232 g/mol. The zero-order valence-corrected chi connectivity index (χ0v) is 11.2. The molecule has 2 rings (SSSR count). The van der Waals surface area contributed by atoms with Crippen molar-refractivity contribution in [1.29, 1.82) is 0 Å². The van der Waals surface area contributed by atoms with E-state index in [1.807, 2.05) is 12.1 Å². The zero-order valence-electron chi connectivity index (χ0n) is 11.2. The average Bonchev–Trinajstić information content (AvgIpc) is 2.30. The Morgan fingerprint density at radius 3 is 2.12 bits per heavy atom. The molecule has 1 aromatic rings. The summed E-state index contributed by atoms with van der Waals surface area (Å²) in [5, 5.41) is 9.35. The molecule has 0 radical (unpaired) electrons. The highest BCUT2D eigenvalue weighted by Crippen LogP contribution is 2.43. The van der Waals surface area contributed by atoms with Crippen LogP contribution >= 0.6 is 0 Å². The lowest BCUT2D eigenvalue weighted by atomic mass is 9.66. The predicted octanol–water partition coefficient (Wildman–Crippen LogP) is 4.50. The molecule has 1 fully saturated rings. The summed E-state index contributed by atoms with van der Waals surface area (Å²) in [6.45, 7) is 7.05. The van der Waals surface area contributed by atoms with Gasteiger partial charge in [0.15, 0.2) is 0 Å². The van der Waals surface area contributed by atoms with Crippen LogP contribution in [-0.4, -0.2) is 5.11 Å². The molecule has 1 aliphatic rings. The molecule has 0 spiro atoms. The van der Waals surface area contributed by atoms with Gasteiger partial charge >= 0.3 is 0 Å². The van der Waals surface area contributed by atoms with E-state index in [1.165, 1.54) is 31.2 Å². The molecule has 0 saturated heterocycles. The van der Waals surface area contributed by atoms with Crippen LogP contribution in [0.5, 0.6) is 5.75 Å². The molecule has 0 unspecified atom stereocenters. The van der Waals surface area contributed by atoms with E-state index in [9.17, 15) is 5.11 Å². The molecule has 1 N–H and O–H groups in total. The van der Waals surface area contributed by atoms with E-state index in [0.717, 1.165) is 11.8 Å². The molecule has 0 amide bonds. The molecule has 1 nitrogen and oxygen atoms in total. The van der Waals surface area contributed by atoms with Crippen molar-refractivity contribution in [3.8, 4) is 5.75 Å². The van der Waals surface area contributed by atoms with Gasteiger partial charge in [-0.2, -0.15) is 0 Å². The van der Waals surface area contributed by atoms with E-state index in [2.05, 4.69) is 32.9 Å². The molecule has 17 heavy (non-hydrogen) atoms. The van der Waals surface area contributed by atoms with Crippen LogP contribution in [-0.2, 0) is 5.41 Å². The number of phenolic OH excluding ortho intramolecular Hbond substituents is 1. The molecule has 0 atom stereocenters. The van der Waals surface area contributed by atoms with Crippen molar-refractivity contribution in [3.05, 3.63) is 29.8 Å². The largest absolute Gasteiger partial charge is 0.508 e. The third-order valence-electron chi connectivity index (χ3n) is 4.64. The number of hydrogen-bond acceptors (Lipinski definition) is 1. The van der Waals surface area contributed by atoms with Gasteiger partial charge in [-0.25, -0.2) is 0 Å². The fraction of sp³-hybridized carbons (Fsp3) is 0.625. The Morgan fingerprint density at radius 1 is 1.12 bits per heavy atom. The lowest BCUT2D eigenvalue weighted by Gasteiger charge is -2.39. The standard InChI is InChI=1S/C16H24O/c1-12(2)13-8-10-16(3,11-9-13)14-4-6-15(17)7-5-14/h4-7,12-13,17H,8-11H2,1-3H3. The van der Waals surface area contributed by atoms with Crippen molar-refractivity contribution in [1.82, 2.24) is 0 Å². The smallest absolute Gasteiger partial charge is 0.115 e. The molecular formula is C16H24O. The van der Waals surface area contributed by atoms with Crippen LogP contribution in [0.15, 0.2) is 24.3 Å². The third kappa shape index (κ3) is 2.65. The van der Waals surface area contributed by atoms with Gasteiger partial charge in [0.25, 0.3) is 0 Å². The highest BCUT2D eigenvalue weighted by Gasteiger charge is 2.33. The summed E-state index contributed by atoms with van der Waals surface area (Å²) < 4.78 is 0. The van der Waals surface area contributed by atoms with E-state index >= 15 is 0 Å². The highest BCUT2D eigenvalue weighted by molar-refractivity contribution is 5.31. The molecule has 94 valence electrons. The van der Waals surface area contributed by atoms with Crippen molar-refractivity contribution < 1.29 is 5.11 Å². The Balaban J connectivity index is 2.09. The summed E-state index contributed by atoms with van der Waals surface area (Å²) in [6.07, 6.45) is 5.24. The first kappa shape index (κ1) is 12.5. The Hall–Kier alpha value is -0.980. The molecular weight excluding hydrogens is 208 g/mol. The Kier molecular flexibility index (Phi) is 3.46. The van der Waals surface area contributed by atoms with Gasteiger partial charge in [-0.15, -0.1) is 0 Å². The van der Waals surface area contributed by atoms with Crippen molar-refractivity contribution in [2.75, 3.05) is 0 Å². The van der Waals surface area contributed by atoms with Crippen molar-refractivity contribution in [3.63, 3.8) is 0 Å². The van der Waals surface area contributed by atoms with Gasteiger partial charge in [0.05, 0.1) is 0 Å². The maximum atomic E-state index is 9.35. The van der Waals surface area contributed by atoms with E-state index in [1.54, 1.807) is 0 Å². The number of phenols is 1. The van der Waals surface area contributed by atoms with Gasteiger partial charge in [-0.1, -0.05) is 32.9 Å². The van der Waals surface area contributed by atoms with Crippen LogP contribution in [0.25, 0.3) is 0 Å². The molecule has 0 aromatic heterocycles. The second kappa shape index (κ2) is 4.72. The Morgan fingerprint density at radius 2 is 1.65 bits per heavy atom. The SMILES string of the molecule is CC(C)C1CCC(C)(c2ccc(O)cc2)CC1. The minimum atomic E-state index is 0.319.